The van der Waals surface area contributed by atoms with E-state index >= 15 is 0 Å². The second kappa shape index (κ2) is 9.76. The van der Waals surface area contributed by atoms with Gasteiger partial charge in [-0.1, -0.05) is 12.1 Å². The molecule has 2 amide bonds. The van der Waals surface area contributed by atoms with E-state index in [1.54, 1.807) is 31.7 Å². The molecule has 2 fully saturated rings. The Balaban J connectivity index is 1.45. The molecule has 8 nitrogen and oxygen atoms in total. The maximum Gasteiger partial charge on any atom is 0.411 e. The highest BCUT2D eigenvalue weighted by Crippen LogP contribution is 2.44. The number of likely N-dealkylation sites (tertiary alicyclic amines) is 1. The molecular formula is C27H30FN3O5. The number of primary amides is 1. The molecule has 4 rings (SSSR count). The predicted octanol–water partition coefficient (Wildman–Crippen LogP) is 4.61. The average molecular weight is 496 g/mol. The normalized spacial score (nSPS) is 21.8. The van der Waals surface area contributed by atoms with E-state index in [0.717, 1.165) is 19.3 Å². The van der Waals surface area contributed by atoms with Crippen LogP contribution in [0.2, 0.25) is 0 Å². The first-order valence-electron chi connectivity index (χ1n) is 12.1. The fraction of sp³-hybridized carbons (Fsp3) is 0.481. The Morgan fingerprint density at radius 3 is 2.61 bits per heavy atom. The van der Waals surface area contributed by atoms with Crippen LogP contribution in [0.3, 0.4) is 0 Å². The number of rotatable bonds is 7. The number of nitriles is 1. The van der Waals surface area contributed by atoms with Gasteiger partial charge in [0.15, 0.2) is 11.5 Å². The summed E-state index contributed by atoms with van der Waals surface area (Å²) >= 11 is 0. The predicted molar refractivity (Wildman–Crippen MR) is 128 cm³/mol. The number of nitrogens with two attached hydrogens (primary N) is 1. The minimum absolute atomic E-state index is 0.0268. The lowest BCUT2D eigenvalue weighted by Crippen LogP contribution is -2.51. The largest absolute Gasteiger partial charge is 0.451 e. The minimum Gasteiger partial charge on any atom is -0.451 e. The van der Waals surface area contributed by atoms with E-state index in [4.69, 9.17) is 14.9 Å². The quantitative estimate of drug-likeness (QED) is 0.597. The third kappa shape index (κ3) is 5.27. The minimum atomic E-state index is -0.748. The number of hydrogen-bond donors (Lipinski definition) is 1. The number of fused-ring (bicyclic) bond motifs is 2. The molecule has 1 aromatic heterocycles. The van der Waals surface area contributed by atoms with Crippen molar-refractivity contribution in [3.8, 4) is 17.4 Å². The maximum atomic E-state index is 14.9. The number of furan rings is 1. The van der Waals surface area contributed by atoms with E-state index in [1.165, 1.54) is 24.3 Å². The van der Waals surface area contributed by atoms with Gasteiger partial charge in [-0.2, -0.15) is 5.26 Å². The van der Waals surface area contributed by atoms with Crippen molar-refractivity contribution in [2.24, 2.45) is 17.6 Å². The zero-order chi connectivity index (χ0) is 26.2. The topological polar surface area (TPSA) is 127 Å². The number of ether oxygens (including phenoxy) is 1. The molecule has 2 aromatic rings. The number of Topliss-reactive ketones (excluding diaryl/α,β-unsaturated/α-hetero) is 1. The highest BCUT2D eigenvalue weighted by Gasteiger charge is 2.52. The van der Waals surface area contributed by atoms with E-state index in [9.17, 15) is 24.0 Å². The molecule has 1 aliphatic heterocycles. The molecule has 0 radical (unpaired) electrons. The molecule has 0 spiro atoms. The summed E-state index contributed by atoms with van der Waals surface area (Å²) in [5, 5.41) is 9.73. The van der Waals surface area contributed by atoms with Gasteiger partial charge in [0, 0.05) is 18.0 Å². The zero-order valence-corrected chi connectivity index (χ0v) is 20.6. The summed E-state index contributed by atoms with van der Waals surface area (Å²) < 4.78 is 25.8. The highest BCUT2D eigenvalue weighted by molar-refractivity contribution is 5.90. The summed E-state index contributed by atoms with van der Waals surface area (Å²) in [5.74, 6) is -1.89. The van der Waals surface area contributed by atoms with Crippen LogP contribution in [0.5, 0.6) is 0 Å². The standard InChI is InChI=1S/C27H30FN3O5/c1-27(2,3)36-26(34)31-19-7-6-18(12-19)24(31)21(32)11-15(14-29)10-16-4-5-17(13-20(16)28)22-8-9-23(35-22)25(30)33/h4-5,8-9,13,15,18-19,24H,6-7,10-12H2,1-3H3,(H2,30,33)/t15-,18+,19-,24+/m1/s1. The molecule has 2 aliphatic rings. The number of halogens is 1. The monoisotopic (exact) mass is 495 g/mol. The van der Waals surface area contributed by atoms with Crippen molar-refractivity contribution < 1.29 is 27.9 Å². The number of amides is 2. The number of benzene rings is 1. The smallest absolute Gasteiger partial charge is 0.411 e. The van der Waals surface area contributed by atoms with E-state index in [0.29, 0.717) is 11.3 Å². The molecule has 1 aliphatic carbocycles. The van der Waals surface area contributed by atoms with Crippen LogP contribution in [0.1, 0.15) is 62.6 Å². The van der Waals surface area contributed by atoms with Gasteiger partial charge in [-0.3, -0.25) is 14.5 Å². The Kier molecular flexibility index (Phi) is 6.90. The fourth-order valence-corrected chi connectivity index (χ4v) is 5.26. The Labute approximate surface area is 209 Å². The first-order valence-corrected chi connectivity index (χ1v) is 12.1. The van der Waals surface area contributed by atoms with Gasteiger partial charge < -0.3 is 14.9 Å². The van der Waals surface area contributed by atoms with Crippen LogP contribution in [0.25, 0.3) is 11.3 Å². The molecule has 190 valence electrons. The molecule has 1 aromatic carbocycles. The Morgan fingerprint density at radius 1 is 1.25 bits per heavy atom. The SMILES string of the molecule is CC(C)(C)OC(=O)N1[C@@H]2CC[C@@H](C2)[C@H]1C(=O)C[C@H](C#N)Cc1ccc(-c2ccc(C(N)=O)o2)cc1F. The lowest BCUT2D eigenvalue weighted by Gasteiger charge is -2.35. The highest BCUT2D eigenvalue weighted by atomic mass is 19.1. The third-order valence-corrected chi connectivity index (χ3v) is 6.80. The molecular weight excluding hydrogens is 465 g/mol. The molecule has 9 heteroatoms. The van der Waals surface area contributed by atoms with Crippen LogP contribution in [0, 0.1) is 29.0 Å². The molecule has 2 bridgehead atoms. The molecule has 36 heavy (non-hydrogen) atoms. The van der Waals surface area contributed by atoms with Crippen molar-refractivity contribution in [3.63, 3.8) is 0 Å². The van der Waals surface area contributed by atoms with Crippen molar-refractivity contribution >= 4 is 17.8 Å². The summed E-state index contributed by atoms with van der Waals surface area (Å²) in [6.07, 6.45) is 1.92. The van der Waals surface area contributed by atoms with E-state index < -0.39 is 35.4 Å². The van der Waals surface area contributed by atoms with Gasteiger partial charge in [0.25, 0.3) is 5.91 Å². The molecule has 2 N–H and O–H groups in total. The van der Waals surface area contributed by atoms with Crippen LogP contribution in [-0.4, -0.2) is 40.4 Å². The molecule has 2 heterocycles. The van der Waals surface area contributed by atoms with Crippen LogP contribution in [-0.2, 0) is 16.0 Å². The molecule has 1 saturated carbocycles. The van der Waals surface area contributed by atoms with Crippen LogP contribution < -0.4 is 5.73 Å². The van der Waals surface area contributed by atoms with E-state index in [1.807, 2.05) is 0 Å². The van der Waals surface area contributed by atoms with Crippen LogP contribution in [0.15, 0.2) is 34.7 Å². The number of hydrogen-bond acceptors (Lipinski definition) is 6. The summed E-state index contributed by atoms with van der Waals surface area (Å²) in [7, 11) is 0. The number of nitrogens with zero attached hydrogens (tertiary/aromatic N) is 2. The summed E-state index contributed by atoms with van der Waals surface area (Å²) in [6.45, 7) is 5.35. The summed E-state index contributed by atoms with van der Waals surface area (Å²) in [6, 6.07) is 8.85. The summed E-state index contributed by atoms with van der Waals surface area (Å²) in [4.78, 5) is 39.0. The van der Waals surface area contributed by atoms with Gasteiger partial charge >= 0.3 is 6.09 Å². The fourth-order valence-electron chi connectivity index (χ4n) is 5.26. The summed E-state index contributed by atoms with van der Waals surface area (Å²) in [5.41, 5.74) is 5.22. The maximum absolute atomic E-state index is 14.9. The first kappa shape index (κ1) is 25.4. The van der Waals surface area contributed by atoms with Crippen molar-refractivity contribution in [2.75, 3.05) is 0 Å². The van der Waals surface area contributed by atoms with Crippen molar-refractivity contribution in [2.45, 2.75) is 70.6 Å². The van der Waals surface area contributed by atoms with Gasteiger partial charge in [0.1, 0.15) is 17.2 Å². The second-order valence-corrected chi connectivity index (χ2v) is 10.6. The number of carbonyl (C=O) groups is 3. The average Bonchev–Trinajstić information content (AvgIpc) is 3.54. The molecule has 0 unspecified atom stereocenters. The van der Waals surface area contributed by atoms with Crippen molar-refractivity contribution in [1.29, 1.82) is 5.26 Å². The van der Waals surface area contributed by atoms with Gasteiger partial charge in [-0.25, -0.2) is 9.18 Å². The lowest BCUT2D eigenvalue weighted by atomic mass is 9.87. The Bertz CT molecular complexity index is 1220. The number of carbonyl (C=O) groups excluding carboxylic acids is 3. The van der Waals surface area contributed by atoms with Gasteiger partial charge in [0.2, 0.25) is 0 Å². The third-order valence-electron chi connectivity index (χ3n) is 6.80. The van der Waals surface area contributed by atoms with Crippen molar-refractivity contribution in [1.82, 2.24) is 4.90 Å². The molecule has 4 atom stereocenters. The van der Waals surface area contributed by atoms with Gasteiger partial charge in [0.05, 0.1) is 18.0 Å². The Hall–Kier alpha value is -3.67. The Morgan fingerprint density at radius 2 is 2.00 bits per heavy atom. The van der Waals surface area contributed by atoms with Gasteiger partial charge in [-0.05, 0) is 76.1 Å². The second-order valence-electron chi connectivity index (χ2n) is 10.6. The first-order chi connectivity index (χ1) is 17.0. The van der Waals surface area contributed by atoms with E-state index in [2.05, 4.69) is 6.07 Å². The van der Waals surface area contributed by atoms with Crippen molar-refractivity contribution in [3.05, 3.63) is 47.5 Å². The van der Waals surface area contributed by atoms with Crippen LogP contribution in [0.4, 0.5) is 9.18 Å². The molecule has 1 saturated heterocycles. The zero-order valence-electron chi connectivity index (χ0n) is 20.6. The van der Waals surface area contributed by atoms with Crippen LogP contribution >= 0.6 is 0 Å². The number of piperidine rings is 1. The number of ketones is 1. The van der Waals surface area contributed by atoms with E-state index in [-0.39, 0.29) is 41.9 Å². The lowest BCUT2D eigenvalue weighted by molar-refractivity contribution is -0.126. The van der Waals surface area contributed by atoms with Gasteiger partial charge in [-0.15, -0.1) is 0 Å².